The van der Waals surface area contributed by atoms with E-state index < -0.39 is 16.9 Å². The fraction of sp³-hybridized carbons (Fsp3) is 0. The average Bonchev–Trinajstić information content (AvgIpc) is 2.60. The number of nitrogens with one attached hydrogen (secondary N) is 1. The maximum atomic E-state index is 11.9. The highest BCUT2D eigenvalue weighted by molar-refractivity contribution is 6.37. The van der Waals surface area contributed by atoms with Crippen molar-refractivity contribution in [2.24, 2.45) is 0 Å². The summed E-state index contributed by atoms with van der Waals surface area (Å²) in [7, 11) is 0. The first-order chi connectivity index (χ1) is 12.4. The zero-order valence-electron chi connectivity index (χ0n) is 12.7. The molecule has 0 aliphatic carbocycles. The number of H-pyrrole nitrogens is 1. The normalized spacial score (nSPS) is 10.3. The highest BCUT2D eigenvalue weighted by atomic mass is 35.5. The van der Waals surface area contributed by atoms with E-state index in [1.807, 2.05) is 4.98 Å². The lowest BCUT2D eigenvalue weighted by Gasteiger charge is -2.11. The van der Waals surface area contributed by atoms with Gasteiger partial charge in [0.2, 0.25) is 11.6 Å². The molecule has 0 amide bonds. The van der Waals surface area contributed by atoms with E-state index in [9.17, 15) is 9.59 Å². The zero-order chi connectivity index (χ0) is 18.8. The van der Waals surface area contributed by atoms with Crippen molar-refractivity contribution < 1.29 is 4.74 Å². The molecule has 26 heavy (non-hydrogen) atoms. The van der Waals surface area contributed by atoms with Gasteiger partial charge in [0.25, 0.3) is 5.56 Å². The van der Waals surface area contributed by atoms with Crippen molar-refractivity contribution >= 4 is 28.9 Å². The highest BCUT2D eigenvalue weighted by Gasteiger charge is 2.15. The molecular formula is C15H8Cl2N6O3. The molecule has 0 fully saturated rings. The summed E-state index contributed by atoms with van der Waals surface area (Å²) in [6, 6.07) is 7.39. The summed E-state index contributed by atoms with van der Waals surface area (Å²) in [5, 5.41) is 12.7. The van der Waals surface area contributed by atoms with Gasteiger partial charge in [-0.1, -0.05) is 23.2 Å². The number of nitriles is 1. The van der Waals surface area contributed by atoms with Gasteiger partial charge in [-0.25, -0.2) is 9.78 Å². The van der Waals surface area contributed by atoms with Crippen molar-refractivity contribution in [3.63, 3.8) is 0 Å². The molecule has 3 aromatic rings. The molecule has 11 heteroatoms. The van der Waals surface area contributed by atoms with Gasteiger partial charge in [0.15, 0.2) is 5.75 Å². The number of nitrogens with zero attached hydrogens (tertiary/aromatic N) is 4. The van der Waals surface area contributed by atoms with Crippen molar-refractivity contribution in [2.45, 2.75) is 0 Å². The van der Waals surface area contributed by atoms with Crippen molar-refractivity contribution in [1.29, 1.82) is 5.26 Å². The predicted octanol–water partition coefficient (Wildman–Crippen LogP) is 1.87. The minimum atomic E-state index is -0.889. The minimum absolute atomic E-state index is 0.0598. The smallest absolute Gasteiger partial charge is 0.349 e. The van der Waals surface area contributed by atoms with Crippen LogP contribution in [0.3, 0.4) is 0 Å². The number of rotatable bonds is 3. The Balaban J connectivity index is 2.05. The Morgan fingerprint density at radius 2 is 1.92 bits per heavy atom. The number of nitrogen functional groups attached to an aromatic ring is 1. The van der Waals surface area contributed by atoms with Gasteiger partial charge < -0.3 is 10.5 Å². The van der Waals surface area contributed by atoms with Crippen LogP contribution in [0.2, 0.25) is 10.0 Å². The number of anilines is 1. The molecule has 0 saturated heterocycles. The second-order valence-electron chi connectivity index (χ2n) is 4.90. The third kappa shape index (κ3) is 3.37. The third-order valence-electron chi connectivity index (χ3n) is 3.13. The highest BCUT2D eigenvalue weighted by Crippen LogP contribution is 2.37. The molecule has 0 aliphatic heterocycles. The summed E-state index contributed by atoms with van der Waals surface area (Å²) < 4.78 is 6.33. The van der Waals surface area contributed by atoms with Crippen LogP contribution in [0.25, 0.3) is 5.69 Å². The van der Waals surface area contributed by atoms with Gasteiger partial charge in [-0.2, -0.15) is 9.94 Å². The van der Waals surface area contributed by atoms with Gasteiger partial charge in [0.1, 0.15) is 6.07 Å². The summed E-state index contributed by atoms with van der Waals surface area (Å²) in [5.41, 5.74) is 3.93. The summed E-state index contributed by atoms with van der Waals surface area (Å²) in [5.74, 6) is 0.314. The molecule has 0 saturated carbocycles. The Labute approximate surface area is 155 Å². The topological polar surface area (TPSA) is 140 Å². The SMILES string of the molecule is N#Cc1nn(-c2cc(Cl)c(Oc3ccc(N)cn3)c(Cl)c2)c(=O)[nH]c1=O. The number of nitrogens with two attached hydrogens (primary N) is 1. The molecule has 0 aliphatic rings. The molecule has 1 aromatic carbocycles. The Morgan fingerprint density at radius 1 is 1.23 bits per heavy atom. The van der Waals surface area contributed by atoms with Crippen LogP contribution >= 0.6 is 23.2 Å². The maximum absolute atomic E-state index is 11.9. The third-order valence-corrected chi connectivity index (χ3v) is 3.69. The molecule has 3 N–H and O–H groups in total. The van der Waals surface area contributed by atoms with Crippen LogP contribution in [0.15, 0.2) is 40.1 Å². The van der Waals surface area contributed by atoms with E-state index in [0.717, 1.165) is 4.68 Å². The van der Waals surface area contributed by atoms with Crippen LogP contribution in [0.5, 0.6) is 11.6 Å². The van der Waals surface area contributed by atoms with Gasteiger partial charge in [-0.15, -0.1) is 5.10 Å². The van der Waals surface area contributed by atoms with E-state index >= 15 is 0 Å². The predicted molar refractivity (Wildman–Crippen MR) is 93.9 cm³/mol. The molecular weight excluding hydrogens is 383 g/mol. The van der Waals surface area contributed by atoms with Crippen molar-refractivity contribution in [1.82, 2.24) is 19.7 Å². The standard InChI is InChI=1S/C15H8Cl2N6O3/c16-9-3-8(23-15(25)21-14(24)11(5-18)22-23)4-10(17)13(9)26-12-2-1-7(19)6-20-12/h1-4,6H,19H2,(H,21,24,25). The first kappa shape index (κ1) is 17.5. The Kier molecular flexibility index (Phi) is 4.62. The average molecular weight is 391 g/mol. The number of halogens is 2. The van der Waals surface area contributed by atoms with E-state index in [1.54, 1.807) is 12.1 Å². The molecule has 0 unspecified atom stereocenters. The summed E-state index contributed by atoms with van der Waals surface area (Å²) in [6.07, 6.45) is 1.40. The molecule has 130 valence electrons. The van der Waals surface area contributed by atoms with Crippen LogP contribution in [-0.2, 0) is 0 Å². The van der Waals surface area contributed by atoms with Gasteiger partial charge in [-0.05, 0) is 18.2 Å². The maximum Gasteiger partial charge on any atom is 0.349 e. The fourth-order valence-electron chi connectivity index (χ4n) is 1.97. The lowest BCUT2D eigenvalue weighted by atomic mass is 10.3. The van der Waals surface area contributed by atoms with Gasteiger partial charge in [0, 0.05) is 6.07 Å². The Morgan fingerprint density at radius 3 is 2.50 bits per heavy atom. The Bertz CT molecular complexity index is 1120. The molecule has 3 rings (SSSR count). The molecule has 2 heterocycles. The van der Waals surface area contributed by atoms with Crippen LogP contribution in [0.1, 0.15) is 5.69 Å². The molecule has 9 nitrogen and oxygen atoms in total. The number of benzene rings is 1. The van der Waals surface area contributed by atoms with Crippen LogP contribution in [0, 0.1) is 11.3 Å². The van der Waals surface area contributed by atoms with E-state index in [-0.39, 0.29) is 27.4 Å². The summed E-state index contributed by atoms with van der Waals surface area (Å²) in [6.45, 7) is 0. The Hall–Kier alpha value is -3.35. The first-order valence-corrected chi connectivity index (χ1v) is 7.67. The van der Waals surface area contributed by atoms with Crippen molar-refractivity contribution in [3.05, 3.63) is 67.0 Å². The van der Waals surface area contributed by atoms with E-state index in [4.69, 9.17) is 38.9 Å². The van der Waals surface area contributed by atoms with E-state index in [0.29, 0.717) is 5.69 Å². The van der Waals surface area contributed by atoms with E-state index in [1.165, 1.54) is 24.4 Å². The largest absolute Gasteiger partial charge is 0.436 e. The lowest BCUT2D eigenvalue weighted by molar-refractivity contribution is 0.463. The first-order valence-electron chi connectivity index (χ1n) is 6.91. The van der Waals surface area contributed by atoms with Crippen LogP contribution in [-0.4, -0.2) is 19.7 Å². The fourth-order valence-corrected chi connectivity index (χ4v) is 2.52. The number of aromatic nitrogens is 4. The number of hydrogen-bond donors (Lipinski definition) is 2. The number of aromatic amines is 1. The lowest BCUT2D eigenvalue weighted by Crippen LogP contribution is -2.33. The second kappa shape index (κ2) is 6.87. The summed E-state index contributed by atoms with van der Waals surface area (Å²) in [4.78, 5) is 29.3. The molecule has 0 spiro atoms. The van der Waals surface area contributed by atoms with Gasteiger partial charge in [-0.3, -0.25) is 9.78 Å². The molecule has 0 atom stereocenters. The van der Waals surface area contributed by atoms with Crippen molar-refractivity contribution in [3.8, 4) is 23.4 Å². The molecule has 0 bridgehead atoms. The number of ether oxygens (including phenoxy) is 1. The number of pyridine rings is 1. The van der Waals surface area contributed by atoms with Crippen molar-refractivity contribution in [2.75, 3.05) is 5.73 Å². The van der Waals surface area contributed by atoms with E-state index in [2.05, 4.69) is 10.1 Å². The quantitative estimate of drug-likeness (QED) is 0.695. The second-order valence-corrected chi connectivity index (χ2v) is 5.72. The zero-order valence-corrected chi connectivity index (χ0v) is 14.2. The number of hydrogen-bond acceptors (Lipinski definition) is 7. The minimum Gasteiger partial charge on any atom is -0.436 e. The van der Waals surface area contributed by atoms with Gasteiger partial charge >= 0.3 is 5.69 Å². The molecule has 0 radical (unpaired) electrons. The molecule has 2 aromatic heterocycles. The van der Waals surface area contributed by atoms with Gasteiger partial charge in [0.05, 0.1) is 27.6 Å². The van der Waals surface area contributed by atoms with Crippen LogP contribution in [0.4, 0.5) is 5.69 Å². The summed E-state index contributed by atoms with van der Waals surface area (Å²) >= 11 is 12.4. The van der Waals surface area contributed by atoms with Crippen LogP contribution < -0.4 is 21.7 Å². The monoisotopic (exact) mass is 390 g/mol.